The highest BCUT2D eigenvalue weighted by molar-refractivity contribution is 5.79. The number of nitrogens with zero attached hydrogens (tertiary/aromatic N) is 4. The van der Waals surface area contributed by atoms with Gasteiger partial charge in [0.05, 0.1) is 18.5 Å². The topological polar surface area (TPSA) is 59.8 Å². The molecule has 1 aliphatic heterocycles. The van der Waals surface area contributed by atoms with Crippen LogP contribution < -0.4 is 9.64 Å². The number of rotatable bonds is 7. The van der Waals surface area contributed by atoms with Gasteiger partial charge < -0.3 is 14.5 Å². The first-order chi connectivity index (χ1) is 12.7. The van der Waals surface area contributed by atoms with Crippen molar-refractivity contribution in [3.8, 4) is 5.75 Å². The molecule has 1 saturated heterocycles. The Balaban J connectivity index is 1.38. The molecular weight excluding hydrogens is 328 g/mol. The van der Waals surface area contributed by atoms with Crippen LogP contribution in [0.4, 0.5) is 5.82 Å². The molecule has 1 fully saturated rings. The monoisotopic (exact) mass is 354 g/mol. The molecular formula is C20H26N4O2. The maximum Gasteiger partial charge on any atom is 0.151 e. The van der Waals surface area contributed by atoms with Crippen LogP contribution in [-0.2, 0) is 4.84 Å². The Bertz CT molecular complexity index is 693. The zero-order chi connectivity index (χ0) is 18.2. The number of hydrogen-bond donors (Lipinski definition) is 0. The second-order valence-corrected chi connectivity index (χ2v) is 6.59. The summed E-state index contributed by atoms with van der Waals surface area (Å²) in [7, 11) is 1.53. The van der Waals surface area contributed by atoms with Crippen molar-refractivity contribution in [2.45, 2.75) is 26.2 Å². The lowest BCUT2D eigenvalue weighted by atomic mass is 9.94. The molecule has 0 amide bonds. The number of piperidine rings is 1. The molecule has 6 heteroatoms. The molecule has 2 heterocycles. The summed E-state index contributed by atoms with van der Waals surface area (Å²) in [6.07, 6.45) is 5.10. The van der Waals surface area contributed by atoms with Crippen molar-refractivity contribution >= 4 is 12.0 Å². The van der Waals surface area contributed by atoms with E-state index >= 15 is 0 Å². The molecule has 0 N–H and O–H groups in total. The van der Waals surface area contributed by atoms with Crippen molar-refractivity contribution in [3.63, 3.8) is 0 Å². The van der Waals surface area contributed by atoms with Gasteiger partial charge in [-0.15, -0.1) is 5.10 Å². The second-order valence-electron chi connectivity index (χ2n) is 6.59. The summed E-state index contributed by atoms with van der Waals surface area (Å²) in [5, 5.41) is 12.2. The van der Waals surface area contributed by atoms with E-state index in [0.717, 1.165) is 48.9 Å². The summed E-state index contributed by atoms with van der Waals surface area (Å²) >= 11 is 0. The minimum Gasteiger partial charge on any atom is -0.494 e. The van der Waals surface area contributed by atoms with Crippen molar-refractivity contribution in [2.24, 2.45) is 11.1 Å². The van der Waals surface area contributed by atoms with Gasteiger partial charge in [-0.1, -0.05) is 5.16 Å². The van der Waals surface area contributed by atoms with Crippen molar-refractivity contribution < 1.29 is 9.57 Å². The second kappa shape index (κ2) is 9.17. The van der Waals surface area contributed by atoms with Gasteiger partial charge in [-0.2, -0.15) is 5.10 Å². The van der Waals surface area contributed by atoms with E-state index in [1.807, 2.05) is 37.3 Å². The fraction of sp³-hybridized carbons (Fsp3) is 0.450. The van der Waals surface area contributed by atoms with Crippen molar-refractivity contribution in [2.75, 3.05) is 31.7 Å². The number of benzene rings is 1. The number of oxime groups is 1. The van der Waals surface area contributed by atoms with E-state index in [9.17, 15) is 0 Å². The Morgan fingerprint density at radius 2 is 1.88 bits per heavy atom. The Hall–Kier alpha value is -2.63. The average molecular weight is 354 g/mol. The fourth-order valence-corrected chi connectivity index (χ4v) is 3.12. The Kier molecular flexibility index (Phi) is 6.41. The quantitative estimate of drug-likeness (QED) is 0.563. The van der Waals surface area contributed by atoms with Gasteiger partial charge in [0.25, 0.3) is 0 Å². The Morgan fingerprint density at radius 1 is 1.12 bits per heavy atom. The third-order valence-electron chi connectivity index (χ3n) is 4.70. The summed E-state index contributed by atoms with van der Waals surface area (Å²) in [5.74, 6) is 2.59. The summed E-state index contributed by atoms with van der Waals surface area (Å²) in [5.41, 5.74) is 1.95. The smallest absolute Gasteiger partial charge is 0.151 e. The molecule has 0 unspecified atom stereocenters. The van der Waals surface area contributed by atoms with Gasteiger partial charge in [0.1, 0.15) is 12.9 Å². The number of aromatic nitrogens is 2. The van der Waals surface area contributed by atoms with E-state index in [0.29, 0.717) is 5.92 Å². The van der Waals surface area contributed by atoms with Crippen LogP contribution in [0.2, 0.25) is 0 Å². The highest BCUT2D eigenvalue weighted by Gasteiger charge is 2.20. The number of hydrogen-bond acceptors (Lipinski definition) is 6. The van der Waals surface area contributed by atoms with Gasteiger partial charge in [-0.25, -0.2) is 0 Å². The van der Waals surface area contributed by atoms with Gasteiger partial charge in [-0.05, 0) is 74.1 Å². The maximum atomic E-state index is 5.88. The first-order valence-corrected chi connectivity index (χ1v) is 9.09. The van der Waals surface area contributed by atoms with E-state index in [1.54, 1.807) is 6.21 Å². The highest BCUT2D eigenvalue weighted by Crippen LogP contribution is 2.24. The van der Waals surface area contributed by atoms with Crippen LogP contribution in [0, 0.1) is 12.8 Å². The van der Waals surface area contributed by atoms with Crippen LogP contribution in [0.25, 0.3) is 0 Å². The van der Waals surface area contributed by atoms with E-state index < -0.39 is 0 Å². The predicted molar refractivity (Wildman–Crippen MR) is 103 cm³/mol. The Labute approximate surface area is 154 Å². The van der Waals surface area contributed by atoms with E-state index in [1.165, 1.54) is 20.0 Å². The molecule has 1 aromatic heterocycles. The summed E-state index contributed by atoms with van der Waals surface area (Å²) in [6.45, 7) is 4.79. The van der Waals surface area contributed by atoms with Crippen LogP contribution >= 0.6 is 0 Å². The molecule has 0 radical (unpaired) electrons. The van der Waals surface area contributed by atoms with Crippen LogP contribution in [0.15, 0.2) is 41.6 Å². The standard InChI is InChI=1S/C20H26N4O2/c1-16-3-8-20(23-22-16)24-12-9-17(10-13-24)11-14-26-19-6-4-18(5-7-19)15-21-25-2/h3-8,15,17H,9-14H2,1-2H3/b21-15+. The van der Waals surface area contributed by atoms with Crippen molar-refractivity contribution in [1.82, 2.24) is 10.2 Å². The van der Waals surface area contributed by atoms with Gasteiger partial charge in [0.15, 0.2) is 5.82 Å². The number of ether oxygens (including phenoxy) is 1. The normalized spacial score (nSPS) is 15.4. The molecule has 0 saturated carbocycles. The molecule has 0 spiro atoms. The summed E-state index contributed by atoms with van der Waals surface area (Å²) in [4.78, 5) is 7.00. The molecule has 0 atom stereocenters. The number of aryl methyl sites for hydroxylation is 1. The number of anilines is 1. The predicted octanol–water partition coefficient (Wildman–Crippen LogP) is 3.45. The Morgan fingerprint density at radius 3 is 2.54 bits per heavy atom. The summed E-state index contributed by atoms with van der Waals surface area (Å²) in [6, 6.07) is 12.0. The molecule has 26 heavy (non-hydrogen) atoms. The minimum atomic E-state index is 0.706. The SMILES string of the molecule is CO/N=C/c1ccc(OCCC2CCN(c3ccc(C)nn3)CC2)cc1. The third-order valence-corrected chi connectivity index (χ3v) is 4.70. The van der Waals surface area contributed by atoms with Crippen LogP contribution in [-0.4, -0.2) is 43.2 Å². The van der Waals surface area contributed by atoms with E-state index in [4.69, 9.17) is 4.74 Å². The van der Waals surface area contributed by atoms with E-state index in [2.05, 4.69) is 31.2 Å². The molecule has 138 valence electrons. The molecule has 0 aliphatic carbocycles. The van der Waals surface area contributed by atoms with Crippen LogP contribution in [0.1, 0.15) is 30.5 Å². The van der Waals surface area contributed by atoms with Gasteiger partial charge in [0, 0.05) is 13.1 Å². The molecule has 1 aromatic carbocycles. The van der Waals surface area contributed by atoms with Gasteiger partial charge in [-0.3, -0.25) is 0 Å². The van der Waals surface area contributed by atoms with Crippen LogP contribution in [0.3, 0.4) is 0 Å². The molecule has 1 aliphatic rings. The third kappa shape index (κ3) is 5.18. The first kappa shape index (κ1) is 18.2. The highest BCUT2D eigenvalue weighted by atomic mass is 16.6. The molecule has 0 bridgehead atoms. The van der Waals surface area contributed by atoms with Crippen LogP contribution in [0.5, 0.6) is 5.75 Å². The largest absolute Gasteiger partial charge is 0.494 e. The minimum absolute atomic E-state index is 0.706. The first-order valence-electron chi connectivity index (χ1n) is 9.09. The fourth-order valence-electron chi connectivity index (χ4n) is 3.12. The summed E-state index contributed by atoms with van der Waals surface area (Å²) < 4.78 is 5.88. The van der Waals surface area contributed by atoms with Crippen molar-refractivity contribution in [3.05, 3.63) is 47.7 Å². The zero-order valence-corrected chi connectivity index (χ0v) is 15.5. The van der Waals surface area contributed by atoms with Crippen molar-refractivity contribution in [1.29, 1.82) is 0 Å². The van der Waals surface area contributed by atoms with Gasteiger partial charge >= 0.3 is 0 Å². The van der Waals surface area contributed by atoms with Gasteiger partial charge in [0.2, 0.25) is 0 Å². The average Bonchev–Trinajstić information content (AvgIpc) is 2.69. The molecule has 2 aromatic rings. The molecule has 6 nitrogen and oxygen atoms in total. The lowest BCUT2D eigenvalue weighted by Gasteiger charge is -2.32. The van der Waals surface area contributed by atoms with E-state index in [-0.39, 0.29) is 0 Å². The lowest BCUT2D eigenvalue weighted by Crippen LogP contribution is -2.34. The molecule has 3 rings (SSSR count). The maximum absolute atomic E-state index is 5.88. The lowest BCUT2D eigenvalue weighted by molar-refractivity contribution is 0.215. The zero-order valence-electron chi connectivity index (χ0n) is 15.5.